The van der Waals surface area contributed by atoms with Crippen molar-refractivity contribution in [3.05, 3.63) is 46.2 Å². The van der Waals surface area contributed by atoms with Crippen LogP contribution in [0.2, 0.25) is 0 Å². The summed E-state index contributed by atoms with van der Waals surface area (Å²) in [6.07, 6.45) is 0.566. The summed E-state index contributed by atoms with van der Waals surface area (Å²) in [6.45, 7) is 1.84. The van der Waals surface area contributed by atoms with Crippen molar-refractivity contribution in [2.75, 3.05) is 19.0 Å². The van der Waals surface area contributed by atoms with E-state index in [1.165, 1.54) is 25.4 Å². The predicted molar refractivity (Wildman–Crippen MR) is 92.7 cm³/mol. The number of rotatable bonds is 6. The largest absolute Gasteiger partial charge is 0.497 e. The Bertz CT molecular complexity index is 755. The Hall–Kier alpha value is -2.67. The van der Waals surface area contributed by atoms with Gasteiger partial charge in [0.05, 0.1) is 12.0 Å². The molecular weight excluding hydrogens is 328 g/mol. The Morgan fingerprint density at radius 2 is 1.92 bits per heavy atom. The highest BCUT2D eigenvalue weighted by Gasteiger charge is 2.13. The van der Waals surface area contributed by atoms with Gasteiger partial charge >= 0.3 is 11.8 Å². The molecule has 0 saturated heterocycles. The molecule has 0 aliphatic rings. The van der Waals surface area contributed by atoms with Gasteiger partial charge in [-0.3, -0.25) is 14.4 Å². The zero-order chi connectivity index (χ0) is 17.5. The second-order valence-electron chi connectivity index (χ2n) is 5.01. The number of nitrogens with one attached hydrogen (secondary N) is 2. The molecule has 0 bridgehead atoms. The molecule has 0 radical (unpaired) electrons. The van der Waals surface area contributed by atoms with Gasteiger partial charge in [-0.15, -0.1) is 11.3 Å². The van der Waals surface area contributed by atoms with Crippen LogP contribution in [0.5, 0.6) is 5.75 Å². The molecule has 24 heavy (non-hydrogen) atoms. The van der Waals surface area contributed by atoms with Gasteiger partial charge < -0.3 is 15.4 Å². The first kappa shape index (κ1) is 17.7. The number of carbonyl (C=O) groups excluding carboxylic acids is 3. The zero-order valence-electron chi connectivity index (χ0n) is 13.4. The average Bonchev–Trinajstić information content (AvgIpc) is 3.04. The molecule has 1 heterocycles. The van der Waals surface area contributed by atoms with E-state index in [-0.39, 0.29) is 5.78 Å². The molecule has 2 N–H and O–H groups in total. The van der Waals surface area contributed by atoms with Crippen molar-refractivity contribution >= 4 is 34.6 Å². The Morgan fingerprint density at radius 3 is 2.58 bits per heavy atom. The molecule has 0 atom stereocenters. The fourth-order valence-electron chi connectivity index (χ4n) is 1.97. The van der Waals surface area contributed by atoms with Gasteiger partial charge in [-0.1, -0.05) is 6.07 Å². The smallest absolute Gasteiger partial charge is 0.313 e. The molecule has 0 spiro atoms. The van der Waals surface area contributed by atoms with Crippen molar-refractivity contribution in [1.82, 2.24) is 5.32 Å². The van der Waals surface area contributed by atoms with E-state index in [1.54, 1.807) is 30.3 Å². The summed E-state index contributed by atoms with van der Waals surface area (Å²) in [7, 11) is 1.52. The van der Waals surface area contributed by atoms with Gasteiger partial charge in [0, 0.05) is 23.2 Å². The van der Waals surface area contributed by atoms with Crippen molar-refractivity contribution in [1.29, 1.82) is 0 Å². The molecule has 6 nitrogen and oxygen atoms in total. The number of thiophene rings is 1. The summed E-state index contributed by atoms with van der Waals surface area (Å²) < 4.78 is 5.05. The number of anilines is 1. The summed E-state index contributed by atoms with van der Waals surface area (Å²) >= 11 is 1.39. The number of benzene rings is 1. The van der Waals surface area contributed by atoms with Gasteiger partial charge in [0.15, 0.2) is 5.78 Å². The van der Waals surface area contributed by atoms with Gasteiger partial charge in [-0.05, 0) is 37.6 Å². The lowest BCUT2D eigenvalue weighted by atomic mass is 10.3. The maximum absolute atomic E-state index is 11.8. The Morgan fingerprint density at radius 1 is 1.12 bits per heavy atom. The second-order valence-corrected chi connectivity index (χ2v) is 6.18. The SMILES string of the molecule is COc1cccc(NC(=O)C(=O)NCCc2ccc(C(C)=O)s2)c1. The Balaban J connectivity index is 1.80. The van der Waals surface area contributed by atoms with Crippen LogP contribution in [0, 0.1) is 0 Å². The summed E-state index contributed by atoms with van der Waals surface area (Å²) in [6, 6.07) is 10.4. The molecule has 1 aromatic heterocycles. The van der Waals surface area contributed by atoms with Crippen LogP contribution in [-0.4, -0.2) is 31.3 Å². The number of hydrogen-bond donors (Lipinski definition) is 2. The van der Waals surface area contributed by atoms with E-state index < -0.39 is 11.8 Å². The minimum Gasteiger partial charge on any atom is -0.497 e. The third-order valence-electron chi connectivity index (χ3n) is 3.20. The van der Waals surface area contributed by atoms with Crippen molar-refractivity contribution < 1.29 is 19.1 Å². The second kappa shape index (κ2) is 8.26. The van der Waals surface area contributed by atoms with Crippen molar-refractivity contribution in [2.45, 2.75) is 13.3 Å². The topological polar surface area (TPSA) is 84.5 Å². The molecule has 1 aromatic carbocycles. The maximum atomic E-state index is 11.8. The lowest BCUT2D eigenvalue weighted by Crippen LogP contribution is -2.36. The van der Waals surface area contributed by atoms with Gasteiger partial charge in [0.2, 0.25) is 0 Å². The highest BCUT2D eigenvalue weighted by molar-refractivity contribution is 7.14. The van der Waals surface area contributed by atoms with Gasteiger partial charge in [-0.2, -0.15) is 0 Å². The summed E-state index contributed by atoms with van der Waals surface area (Å²) in [5, 5.41) is 5.07. The highest BCUT2D eigenvalue weighted by atomic mass is 32.1. The fourth-order valence-corrected chi connectivity index (χ4v) is 2.87. The molecular formula is C17H18N2O4S. The standard InChI is InChI=1S/C17H18N2O4S/c1-11(20)15-7-6-14(24-15)8-9-18-16(21)17(22)19-12-4-3-5-13(10-12)23-2/h3-7,10H,8-9H2,1-2H3,(H,18,21)(H,19,22). The first-order valence-electron chi connectivity index (χ1n) is 7.32. The van der Waals surface area contributed by atoms with E-state index in [2.05, 4.69) is 10.6 Å². The predicted octanol–water partition coefficient (Wildman–Crippen LogP) is 2.26. The molecule has 0 saturated carbocycles. The number of methoxy groups -OCH3 is 1. The van der Waals surface area contributed by atoms with Gasteiger partial charge in [-0.25, -0.2) is 0 Å². The van der Waals surface area contributed by atoms with E-state index in [9.17, 15) is 14.4 Å². The maximum Gasteiger partial charge on any atom is 0.313 e. The molecule has 126 valence electrons. The highest BCUT2D eigenvalue weighted by Crippen LogP contribution is 2.17. The van der Waals surface area contributed by atoms with Crippen LogP contribution in [0.4, 0.5) is 5.69 Å². The summed E-state index contributed by atoms with van der Waals surface area (Å²) in [5.41, 5.74) is 0.485. The van der Waals surface area contributed by atoms with Crippen LogP contribution < -0.4 is 15.4 Å². The fraction of sp³-hybridized carbons (Fsp3) is 0.235. The van der Waals surface area contributed by atoms with Gasteiger partial charge in [0.25, 0.3) is 0 Å². The summed E-state index contributed by atoms with van der Waals surface area (Å²) in [4.78, 5) is 36.5. The van der Waals surface area contributed by atoms with E-state index in [0.29, 0.717) is 29.3 Å². The lowest BCUT2D eigenvalue weighted by molar-refractivity contribution is -0.136. The number of amides is 2. The van der Waals surface area contributed by atoms with Crippen LogP contribution in [0.15, 0.2) is 36.4 Å². The third kappa shape index (κ3) is 4.92. The molecule has 7 heteroatoms. The van der Waals surface area contributed by atoms with E-state index in [0.717, 1.165) is 4.88 Å². The number of Topliss-reactive ketones (excluding diaryl/α,β-unsaturated/α-hetero) is 1. The minimum atomic E-state index is -0.737. The molecule has 0 unspecified atom stereocenters. The molecule has 2 rings (SSSR count). The Labute approximate surface area is 143 Å². The van der Waals surface area contributed by atoms with E-state index in [4.69, 9.17) is 4.74 Å². The van der Waals surface area contributed by atoms with Gasteiger partial charge in [0.1, 0.15) is 5.75 Å². The number of carbonyl (C=O) groups is 3. The van der Waals surface area contributed by atoms with Crippen molar-refractivity contribution in [3.63, 3.8) is 0 Å². The van der Waals surface area contributed by atoms with Crippen molar-refractivity contribution in [3.8, 4) is 5.75 Å². The monoisotopic (exact) mass is 346 g/mol. The zero-order valence-corrected chi connectivity index (χ0v) is 14.2. The first-order chi connectivity index (χ1) is 11.5. The number of hydrogen-bond acceptors (Lipinski definition) is 5. The Kier molecular flexibility index (Phi) is 6.08. The third-order valence-corrected chi connectivity index (χ3v) is 4.45. The number of ketones is 1. The molecule has 0 aliphatic carbocycles. The minimum absolute atomic E-state index is 0.0213. The average molecular weight is 346 g/mol. The number of ether oxygens (including phenoxy) is 1. The van der Waals surface area contributed by atoms with E-state index in [1.807, 2.05) is 6.07 Å². The quantitative estimate of drug-likeness (QED) is 0.621. The van der Waals surface area contributed by atoms with Crippen LogP contribution in [0.3, 0.4) is 0 Å². The summed E-state index contributed by atoms with van der Waals surface area (Å²) in [5.74, 6) is -0.833. The van der Waals surface area contributed by atoms with Crippen LogP contribution in [0.1, 0.15) is 21.5 Å². The van der Waals surface area contributed by atoms with Crippen LogP contribution in [-0.2, 0) is 16.0 Å². The van der Waals surface area contributed by atoms with E-state index >= 15 is 0 Å². The van der Waals surface area contributed by atoms with Crippen LogP contribution in [0.25, 0.3) is 0 Å². The lowest BCUT2D eigenvalue weighted by Gasteiger charge is -2.07. The molecule has 0 fully saturated rings. The molecule has 2 amide bonds. The molecule has 0 aliphatic heterocycles. The molecule has 2 aromatic rings. The van der Waals surface area contributed by atoms with Crippen molar-refractivity contribution in [2.24, 2.45) is 0 Å². The van der Waals surface area contributed by atoms with Crippen LogP contribution >= 0.6 is 11.3 Å². The normalized spacial score (nSPS) is 10.1. The first-order valence-corrected chi connectivity index (χ1v) is 8.14.